The number of nitrogens with one attached hydrogen (secondary N) is 2. The van der Waals surface area contributed by atoms with Crippen LogP contribution in [0.5, 0.6) is 0 Å². The predicted octanol–water partition coefficient (Wildman–Crippen LogP) is 2.71. The SMILES string of the molecule is CCC1(C(=O)Nc2ccc(C)cc2)CCCNC1. The molecular formula is C15H22N2O. The third-order valence-electron chi connectivity index (χ3n) is 3.94. The molecule has 2 N–H and O–H groups in total. The fourth-order valence-corrected chi connectivity index (χ4v) is 2.52. The van der Waals surface area contributed by atoms with E-state index in [4.69, 9.17) is 0 Å². The van der Waals surface area contributed by atoms with Crippen LogP contribution in [0.4, 0.5) is 5.69 Å². The van der Waals surface area contributed by atoms with E-state index in [1.165, 1.54) is 5.56 Å². The number of benzene rings is 1. The van der Waals surface area contributed by atoms with Crippen LogP contribution in [0.25, 0.3) is 0 Å². The molecule has 0 spiro atoms. The summed E-state index contributed by atoms with van der Waals surface area (Å²) in [5.74, 6) is 0.154. The second-order valence-corrected chi connectivity index (χ2v) is 5.23. The number of rotatable bonds is 3. The molecule has 0 bridgehead atoms. The van der Waals surface area contributed by atoms with Gasteiger partial charge in [-0.2, -0.15) is 0 Å². The number of carbonyl (C=O) groups is 1. The normalized spacial score (nSPS) is 23.7. The zero-order valence-electron chi connectivity index (χ0n) is 11.3. The molecule has 1 heterocycles. The van der Waals surface area contributed by atoms with E-state index in [9.17, 15) is 4.79 Å². The van der Waals surface area contributed by atoms with Crippen molar-refractivity contribution in [3.8, 4) is 0 Å². The lowest BCUT2D eigenvalue weighted by atomic mass is 9.77. The molecule has 1 unspecified atom stereocenters. The lowest BCUT2D eigenvalue weighted by Gasteiger charge is -2.35. The summed E-state index contributed by atoms with van der Waals surface area (Å²) < 4.78 is 0. The summed E-state index contributed by atoms with van der Waals surface area (Å²) >= 11 is 0. The van der Waals surface area contributed by atoms with E-state index in [1.54, 1.807) is 0 Å². The molecule has 1 aliphatic heterocycles. The Kier molecular flexibility index (Phi) is 4.02. The average molecular weight is 246 g/mol. The van der Waals surface area contributed by atoms with E-state index in [0.717, 1.165) is 38.0 Å². The first kappa shape index (κ1) is 13.1. The van der Waals surface area contributed by atoms with Crippen molar-refractivity contribution >= 4 is 11.6 Å². The first-order valence-corrected chi connectivity index (χ1v) is 6.75. The molecule has 1 fully saturated rings. The van der Waals surface area contributed by atoms with Crippen LogP contribution in [-0.2, 0) is 4.79 Å². The zero-order chi connectivity index (χ0) is 13.0. The van der Waals surface area contributed by atoms with Gasteiger partial charge in [-0.05, 0) is 44.9 Å². The molecule has 0 aromatic heterocycles. The Morgan fingerprint density at radius 2 is 2.11 bits per heavy atom. The molecule has 1 amide bonds. The van der Waals surface area contributed by atoms with E-state index in [0.29, 0.717) is 0 Å². The molecule has 98 valence electrons. The molecule has 1 aromatic carbocycles. The zero-order valence-corrected chi connectivity index (χ0v) is 11.3. The number of aryl methyl sites for hydroxylation is 1. The first-order chi connectivity index (χ1) is 8.66. The molecule has 1 atom stereocenters. The van der Waals surface area contributed by atoms with Gasteiger partial charge < -0.3 is 10.6 Å². The van der Waals surface area contributed by atoms with Crippen molar-refractivity contribution in [2.45, 2.75) is 33.1 Å². The smallest absolute Gasteiger partial charge is 0.231 e. The second kappa shape index (κ2) is 5.53. The van der Waals surface area contributed by atoms with Crippen LogP contribution in [0, 0.1) is 12.3 Å². The minimum absolute atomic E-state index is 0.154. The number of anilines is 1. The fourth-order valence-electron chi connectivity index (χ4n) is 2.52. The molecular weight excluding hydrogens is 224 g/mol. The van der Waals surface area contributed by atoms with Gasteiger partial charge in [0.1, 0.15) is 0 Å². The lowest BCUT2D eigenvalue weighted by molar-refractivity contribution is -0.126. The third kappa shape index (κ3) is 2.72. The van der Waals surface area contributed by atoms with Crippen molar-refractivity contribution in [3.63, 3.8) is 0 Å². The highest BCUT2D eigenvalue weighted by atomic mass is 16.2. The largest absolute Gasteiger partial charge is 0.326 e. The van der Waals surface area contributed by atoms with Gasteiger partial charge in [-0.3, -0.25) is 4.79 Å². The van der Waals surface area contributed by atoms with Crippen LogP contribution >= 0.6 is 0 Å². The van der Waals surface area contributed by atoms with Gasteiger partial charge in [0.25, 0.3) is 0 Å². The maximum absolute atomic E-state index is 12.5. The van der Waals surface area contributed by atoms with E-state index >= 15 is 0 Å². The van der Waals surface area contributed by atoms with Gasteiger partial charge >= 0.3 is 0 Å². The van der Waals surface area contributed by atoms with Gasteiger partial charge in [0.2, 0.25) is 5.91 Å². The number of hydrogen-bond donors (Lipinski definition) is 2. The number of hydrogen-bond acceptors (Lipinski definition) is 2. The highest BCUT2D eigenvalue weighted by Gasteiger charge is 2.37. The quantitative estimate of drug-likeness (QED) is 0.861. The van der Waals surface area contributed by atoms with Crippen molar-refractivity contribution < 1.29 is 4.79 Å². The van der Waals surface area contributed by atoms with Crippen LogP contribution in [0.2, 0.25) is 0 Å². The van der Waals surface area contributed by atoms with E-state index in [2.05, 4.69) is 17.6 Å². The summed E-state index contributed by atoms with van der Waals surface area (Å²) in [4.78, 5) is 12.5. The molecule has 0 aliphatic carbocycles. The average Bonchev–Trinajstić information content (AvgIpc) is 2.42. The molecule has 3 heteroatoms. The minimum Gasteiger partial charge on any atom is -0.326 e. The van der Waals surface area contributed by atoms with Crippen molar-refractivity contribution in [1.82, 2.24) is 5.32 Å². The molecule has 1 aromatic rings. The Balaban J connectivity index is 2.07. The van der Waals surface area contributed by atoms with E-state index in [1.807, 2.05) is 31.2 Å². The number of carbonyl (C=O) groups excluding carboxylic acids is 1. The van der Waals surface area contributed by atoms with Crippen LogP contribution in [0.3, 0.4) is 0 Å². The molecule has 1 saturated heterocycles. The fraction of sp³-hybridized carbons (Fsp3) is 0.533. The second-order valence-electron chi connectivity index (χ2n) is 5.23. The van der Waals surface area contributed by atoms with Crippen molar-refractivity contribution in [3.05, 3.63) is 29.8 Å². The van der Waals surface area contributed by atoms with Crippen molar-refractivity contribution in [1.29, 1.82) is 0 Å². The van der Waals surface area contributed by atoms with Crippen molar-refractivity contribution in [2.75, 3.05) is 18.4 Å². The summed E-state index contributed by atoms with van der Waals surface area (Å²) in [7, 11) is 0. The van der Waals surface area contributed by atoms with Crippen LogP contribution in [-0.4, -0.2) is 19.0 Å². The Hall–Kier alpha value is -1.35. The van der Waals surface area contributed by atoms with Crippen LogP contribution in [0.1, 0.15) is 31.7 Å². The maximum atomic E-state index is 12.5. The topological polar surface area (TPSA) is 41.1 Å². The summed E-state index contributed by atoms with van der Waals surface area (Å²) in [5, 5.41) is 6.39. The van der Waals surface area contributed by atoms with Crippen molar-refractivity contribution in [2.24, 2.45) is 5.41 Å². The van der Waals surface area contributed by atoms with Gasteiger partial charge in [0.05, 0.1) is 5.41 Å². The summed E-state index contributed by atoms with van der Waals surface area (Å²) in [6.45, 7) is 5.96. The highest BCUT2D eigenvalue weighted by molar-refractivity contribution is 5.95. The molecule has 3 nitrogen and oxygen atoms in total. The lowest BCUT2D eigenvalue weighted by Crippen LogP contribution is -2.47. The van der Waals surface area contributed by atoms with Gasteiger partial charge in [-0.15, -0.1) is 0 Å². The van der Waals surface area contributed by atoms with E-state index < -0.39 is 0 Å². The van der Waals surface area contributed by atoms with Gasteiger partial charge in [0, 0.05) is 12.2 Å². The number of piperidine rings is 1. The first-order valence-electron chi connectivity index (χ1n) is 6.75. The molecule has 1 aliphatic rings. The standard InChI is InChI=1S/C15H22N2O/c1-3-15(9-4-10-16-11-15)14(18)17-13-7-5-12(2)6-8-13/h5-8,16H,3-4,9-11H2,1-2H3,(H,17,18). The molecule has 2 rings (SSSR count). The maximum Gasteiger partial charge on any atom is 0.231 e. The molecule has 0 radical (unpaired) electrons. The molecule has 0 saturated carbocycles. The predicted molar refractivity (Wildman–Crippen MR) is 74.6 cm³/mol. The Labute approximate surface area is 109 Å². The minimum atomic E-state index is -0.233. The summed E-state index contributed by atoms with van der Waals surface area (Å²) in [6.07, 6.45) is 2.95. The summed E-state index contributed by atoms with van der Waals surface area (Å²) in [6, 6.07) is 7.97. The van der Waals surface area contributed by atoms with Gasteiger partial charge in [-0.1, -0.05) is 24.6 Å². The van der Waals surface area contributed by atoms with Crippen LogP contribution < -0.4 is 10.6 Å². The molecule has 18 heavy (non-hydrogen) atoms. The number of amides is 1. The van der Waals surface area contributed by atoms with Gasteiger partial charge in [0.15, 0.2) is 0 Å². The Bertz CT molecular complexity index is 405. The van der Waals surface area contributed by atoms with E-state index in [-0.39, 0.29) is 11.3 Å². The Morgan fingerprint density at radius 1 is 1.39 bits per heavy atom. The Morgan fingerprint density at radius 3 is 2.67 bits per heavy atom. The monoisotopic (exact) mass is 246 g/mol. The summed E-state index contributed by atoms with van der Waals surface area (Å²) in [5.41, 5.74) is 1.87. The third-order valence-corrected chi connectivity index (χ3v) is 3.94. The highest BCUT2D eigenvalue weighted by Crippen LogP contribution is 2.31. The van der Waals surface area contributed by atoms with Gasteiger partial charge in [-0.25, -0.2) is 0 Å². The van der Waals surface area contributed by atoms with Crippen LogP contribution in [0.15, 0.2) is 24.3 Å².